The Balaban J connectivity index is 1.60. The summed E-state index contributed by atoms with van der Waals surface area (Å²) in [4.78, 5) is 3.63. The van der Waals surface area contributed by atoms with Gasteiger partial charge in [0, 0.05) is 27.1 Å². The molecule has 0 aliphatic heterocycles. The molecular weight excluding hydrogens is 607 g/mol. The molecule has 0 saturated heterocycles. The average Bonchev–Trinajstić information content (AvgIpc) is 3.62. The van der Waals surface area contributed by atoms with E-state index in [1.807, 2.05) is 69.8 Å². The van der Waals surface area contributed by atoms with Gasteiger partial charge in [0.15, 0.2) is 5.69 Å². The lowest BCUT2D eigenvalue weighted by atomic mass is 9.96. The summed E-state index contributed by atoms with van der Waals surface area (Å²) in [5, 5.41) is 24.2. The maximum atomic E-state index is 14.5. The van der Waals surface area contributed by atoms with E-state index in [0.29, 0.717) is 33.7 Å². The smallest absolute Gasteiger partial charge is 0.309 e. The molecule has 0 saturated carbocycles. The number of aromatic nitrogens is 2. The second kappa shape index (κ2) is 10.6. The lowest BCUT2D eigenvalue weighted by Gasteiger charge is -2.20. The Bertz CT molecular complexity index is 2610. The second-order valence-electron chi connectivity index (χ2n) is 11.4. The van der Waals surface area contributed by atoms with Gasteiger partial charge < -0.3 is 9.13 Å². The van der Waals surface area contributed by atoms with E-state index in [1.54, 1.807) is 42.5 Å². The van der Waals surface area contributed by atoms with E-state index in [-0.39, 0.29) is 16.7 Å². The molecule has 0 atom stereocenters. The predicted molar refractivity (Wildman–Crippen MR) is 181 cm³/mol. The van der Waals surface area contributed by atoms with E-state index < -0.39 is 11.7 Å². The van der Waals surface area contributed by atoms with Crippen molar-refractivity contribution in [1.82, 2.24) is 9.13 Å². The Hall–Kier alpha value is -6.82. The summed E-state index contributed by atoms with van der Waals surface area (Å²) in [7, 11) is 0. The van der Waals surface area contributed by atoms with Crippen LogP contribution in [0, 0.1) is 29.2 Å². The molecule has 226 valence electrons. The highest BCUT2D eigenvalue weighted by Gasteiger charge is 2.34. The van der Waals surface area contributed by atoms with Gasteiger partial charge in [0.25, 0.3) is 0 Å². The number of para-hydroxylation sites is 2. The maximum absolute atomic E-state index is 14.5. The molecule has 6 aromatic carbocycles. The number of alkyl halides is 3. The zero-order chi connectivity index (χ0) is 33.2. The molecule has 8 rings (SSSR count). The summed E-state index contributed by atoms with van der Waals surface area (Å²) in [6.07, 6.45) is -4.64. The second-order valence-corrected chi connectivity index (χ2v) is 11.4. The topological polar surface area (TPSA) is 61.8 Å². The van der Waals surface area contributed by atoms with Gasteiger partial charge in [-0.1, -0.05) is 72.8 Å². The Morgan fingerprint density at radius 2 is 1.12 bits per heavy atom. The summed E-state index contributed by atoms with van der Waals surface area (Å²) in [5.74, 6) is 0. The van der Waals surface area contributed by atoms with E-state index in [2.05, 4.69) is 17.0 Å². The van der Waals surface area contributed by atoms with Crippen LogP contribution in [-0.4, -0.2) is 9.13 Å². The Morgan fingerprint density at radius 1 is 0.583 bits per heavy atom. The fourth-order valence-corrected chi connectivity index (χ4v) is 6.80. The molecular formula is C40H20F3N5. The fraction of sp³-hybridized carbons (Fsp3) is 0.0250. The number of benzene rings is 6. The van der Waals surface area contributed by atoms with Crippen molar-refractivity contribution in [3.8, 4) is 34.6 Å². The molecule has 0 bridgehead atoms. The first-order valence-corrected chi connectivity index (χ1v) is 14.9. The monoisotopic (exact) mass is 627 g/mol. The van der Waals surface area contributed by atoms with Crippen molar-refractivity contribution < 1.29 is 13.2 Å². The van der Waals surface area contributed by atoms with Crippen LogP contribution < -0.4 is 0 Å². The highest BCUT2D eigenvalue weighted by atomic mass is 19.4. The van der Waals surface area contributed by atoms with Crippen molar-refractivity contribution >= 4 is 49.3 Å². The van der Waals surface area contributed by atoms with Crippen molar-refractivity contribution in [3.63, 3.8) is 0 Å². The third-order valence-corrected chi connectivity index (χ3v) is 8.82. The highest BCUT2D eigenvalue weighted by Crippen LogP contribution is 2.43. The molecule has 8 heteroatoms. The van der Waals surface area contributed by atoms with Crippen LogP contribution in [0.4, 0.5) is 18.9 Å². The molecule has 0 aliphatic carbocycles. The van der Waals surface area contributed by atoms with Crippen LogP contribution >= 0.6 is 0 Å². The summed E-state index contributed by atoms with van der Waals surface area (Å²) in [5.41, 5.74) is 3.85. The number of halogens is 3. The number of nitrogens with zero attached hydrogens (tertiary/aromatic N) is 5. The molecule has 0 radical (unpaired) electrons. The Morgan fingerprint density at radius 3 is 1.71 bits per heavy atom. The number of fused-ring (bicyclic) bond motifs is 6. The number of rotatable bonds is 3. The standard InChI is InChI=1S/C40H20F3N5/c1-46-26-15-17-31-29-10-4-7-13-35(29)48(39(31)21-26)38-20-25(27-8-2-5-11-33(27)40(41,42)43)19-37(32(38)23-45)47-34-12-6-3-9-28(34)30-16-14-24(22-44)18-36(30)47/h2-21H. The van der Waals surface area contributed by atoms with Crippen molar-refractivity contribution in [1.29, 1.82) is 10.5 Å². The molecule has 2 aromatic heterocycles. The van der Waals surface area contributed by atoms with Gasteiger partial charge in [0.05, 0.1) is 51.7 Å². The minimum atomic E-state index is -4.64. The lowest BCUT2D eigenvalue weighted by Crippen LogP contribution is -2.09. The highest BCUT2D eigenvalue weighted by molar-refractivity contribution is 6.12. The van der Waals surface area contributed by atoms with Gasteiger partial charge in [-0.25, -0.2) is 4.85 Å². The molecule has 0 N–H and O–H groups in total. The van der Waals surface area contributed by atoms with Gasteiger partial charge in [0.1, 0.15) is 11.6 Å². The van der Waals surface area contributed by atoms with Gasteiger partial charge in [-0.05, 0) is 59.7 Å². The van der Waals surface area contributed by atoms with E-state index in [4.69, 9.17) is 6.57 Å². The Labute approximate surface area is 272 Å². The van der Waals surface area contributed by atoms with E-state index in [1.165, 1.54) is 12.1 Å². The van der Waals surface area contributed by atoms with E-state index in [9.17, 15) is 23.7 Å². The number of hydrogen-bond donors (Lipinski definition) is 0. The van der Waals surface area contributed by atoms with E-state index in [0.717, 1.165) is 38.6 Å². The largest absolute Gasteiger partial charge is 0.417 e. The van der Waals surface area contributed by atoms with Gasteiger partial charge in [0.2, 0.25) is 0 Å². The third kappa shape index (κ3) is 4.23. The zero-order valence-corrected chi connectivity index (χ0v) is 24.9. The molecule has 0 unspecified atom stereocenters. The van der Waals surface area contributed by atoms with Crippen LogP contribution in [0.25, 0.3) is 71.0 Å². The molecule has 48 heavy (non-hydrogen) atoms. The molecule has 0 aliphatic rings. The minimum Gasteiger partial charge on any atom is -0.309 e. The summed E-state index contributed by atoms with van der Waals surface area (Å²) in [6, 6.07) is 39.0. The number of nitriles is 2. The van der Waals surface area contributed by atoms with Crippen LogP contribution in [-0.2, 0) is 6.18 Å². The van der Waals surface area contributed by atoms with Crippen LogP contribution in [0.2, 0.25) is 0 Å². The lowest BCUT2D eigenvalue weighted by molar-refractivity contribution is -0.137. The van der Waals surface area contributed by atoms with Crippen molar-refractivity contribution in [2.45, 2.75) is 6.18 Å². The average molecular weight is 628 g/mol. The summed E-state index contributed by atoms with van der Waals surface area (Å²) in [6.45, 7) is 7.68. The quantitative estimate of drug-likeness (QED) is 0.183. The SMILES string of the molecule is [C-]#[N+]c1ccc2c3ccccc3n(-c3cc(-c4ccccc4C(F)(F)F)cc(-n4c5ccccc5c5ccc(C#N)cc54)c3C#N)c2c1. The van der Waals surface area contributed by atoms with E-state index >= 15 is 0 Å². The van der Waals surface area contributed by atoms with Crippen LogP contribution in [0.15, 0.2) is 121 Å². The van der Waals surface area contributed by atoms with Crippen LogP contribution in [0.5, 0.6) is 0 Å². The van der Waals surface area contributed by atoms with Crippen molar-refractivity contribution in [2.24, 2.45) is 0 Å². The molecule has 0 spiro atoms. The van der Waals surface area contributed by atoms with Crippen LogP contribution in [0.1, 0.15) is 16.7 Å². The third-order valence-electron chi connectivity index (χ3n) is 8.82. The first-order valence-electron chi connectivity index (χ1n) is 14.9. The van der Waals surface area contributed by atoms with Crippen LogP contribution in [0.3, 0.4) is 0 Å². The predicted octanol–water partition coefficient (Wildman–Crippen LogP) is 10.9. The summed E-state index contributed by atoms with van der Waals surface area (Å²) < 4.78 is 47.2. The molecule has 5 nitrogen and oxygen atoms in total. The molecule has 2 heterocycles. The normalized spacial score (nSPS) is 11.6. The summed E-state index contributed by atoms with van der Waals surface area (Å²) >= 11 is 0. The minimum absolute atomic E-state index is 0.0434. The number of hydrogen-bond acceptors (Lipinski definition) is 2. The van der Waals surface area contributed by atoms with Crippen molar-refractivity contribution in [3.05, 3.63) is 149 Å². The van der Waals surface area contributed by atoms with Crippen molar-refractivity contribution in [2.75, 3.05) is 0 Å². The maximum Gasteiger partial charge on any atom is 0.417 e. The first kappa shape index (κ1) is 28.6. The fourth-order valence-electron chi connectivity index (χ4n) is 6.80. The molecule has 0 amide bonds. The van der Waals surface area contributed by atoms with Gasteiger partial charge in [-0.15, -0.1) is 0 Å². The zero-order valence-electron chi connectivity index (χ0n) is 24.9. The van der Waals surface area contributed by atoms with Gasteiger partial charge in [-0.3, -0.25) is 0 Å². The van der Waals surface area contributed by atoms with Gasteiger partial charge >= 0.3 is 6.18 Å². The first-order chi connectivity index (χ1) is 23.3. The molecule has 0 fully saturated rings. The Kier molecular flexibility index (Phi) is 6.34. The van der Waals surface area contributed by atoms with Gasteiger partial charge in [-0.2, -0.15) is 23.7 Å². The molecule has 8 aromatic rings.